The minimum absolute atomic E-state index is 0.485. The molecule has 0 bridgehead atoms. The highest BCUT2D eigenvalue weighted by Gasteiger charge is 2.26. The number of rotatable bonds is 9. The van der Waals surface area contributed by atoms with Crippen molar-refractivity contribution in [2.45, 2.75) is 97.4 Å². The Morgan fingerprint density at radius 3 is 1.95 bits per heavy atom. The molecule has 1 nitrogen and oxygen atoms in total. The van der Waals surface area contributed by atoms with E-state index in [0.29, 0.717) is 6.04 Å². The van der Waals surface area contributed by atoms with E-state index in [2.05, 4.69) is 20.8 Å². The number of nitrogens with two attached hydrogens (primary N) is 1. The number of unbranched alkanes of at least 4 members (excludes halogenated alkanes) is 5. The molecule has 0 heterocycles. The van der Waals surface area contributed by atoms with E-state index in [1.54, 1.807) is 0 Å². The van der Waals surface area contributed by atoms with Gasteiger partial charge in [0.2, 0.25) is 0 Å². The lowest BCUT2D eigenvalue weighted by Gasteiger charge is -2.34. The second-order valence-electron chi connectivity index (χ2n) is 7.14. The van der Waals surface area contributed by atoms with Gasteiger partial charge < -0.3 is 5.73 Å². The van der Waals surface area contributed by atoms with E-state index in [1.807, 2.05) is 0 Å². The lowest BCUT2D eigenvalue weighted by molar-refractivity contribution is 0.198. The van der Waals surface area contributed by atoms with Gasteiger partial charge in [-0.1, -0.05) is 59.3 Å². The fraction of sp³-hybridized carbons (Fsp3) is 1.00. The fourth-order valence-electron chi connectivity index (χ4n) is 3.64. The summed E-state index contributed by atoms with van der Waals surface area (Å²) in [6, 6.07) is 0.485. The van der Waals surface area contributed by atoms with Gasteiger partial charge in [0.25, 0.3) is 0 Å². The maximum atomic E-state index is 6.41. The van der Waals surface area contributed by atoms with E-state index in [0.717, 1.165) is 17.8 Å². The highest BCUT2D eigenvalue weighted by molar-refractivity contribution is 4.80. The Kier molecular flexibility index (Phi) is 8.77. The average Bonchev–Trinajstić information content (AvgIpc) is 2.42. The zero-order valence-corrected chi connectivity index (χ0v) is 13.7. The van der Waals surface area contributed by atoms with Gasteiger partial charge in [-0.15, -0.1) is 0 Å². The van der Waals surface area contributed by atoms with Crippen LogP contribution in [0.4, 0.5) is 0 Å². The van der Waals surface area contributed by atoms with Crippen LogP contribution in [0.2, 0.25) is 0 Å². The van der Waals surface area contributed by atoms with Crippen LogP contribution < -0.4 is 5.73 Å². The Bertz CT molecular complexity index is 204. The third kappa shape index (κ3) is 6.79. The van der Waals surface area contributed by atoms with E-state index in [4.69, 9.17) is 5.73 Å². The van der Waals surface area contributed by atoms with Crippen molar-refractivity contribution >= 4 is 0 Å². The predicted molar refractivity (Wildman–Crippen MR) is 86.3 cm³/mol. The summed E-state index contributed by atoms with van der Waals surface area (Å²) in [4.78, 5) is 0. The molecule has 0 aromatic carbocycles. The Labute approximate surface area is 121 Å². The first-order valence-electron chi connectivity index (χ1n) is 8.90. The molecular formula is C18H37N. The van der Waals surface area contributed by atoms with Crippen LogP contribution in [0.15, 0.2) is 0 Å². The van der Waals surface area contributed by atoms with Crippen molar-refractivity contribution in [1.82, 2.24) is 0 Å². The first kappa shape index (κ1) is 17.0. The summed E-state index contributed by atoms with van der Waals surface area (Å²) in [5, 5.41) is 0. The Morgan fingerprint density at radius 1 is 0.842 bits per heavy atom. The molecule has 1 rings (SSSR count). The van der Waals surface area contributed by atoms with Gasteiger partial charge in [0.05, 0.1) is 0 Å². The quantitative estimate of drug-likeness (QED) is 0.546. The highest BCUT2D eigenvalue weighted by atomic mass is 14.6. The standard InChI is InChI=1S/C18H37N/c1-4-5-6-7-8-9-10-18(19)17-13-11-16(12-14-17)15(2)3/h15-18H,4-14,19H2,1-3H3. The molecule has 1 atom stereocenters. The summed E-state index contributed by atoms with van der Waals surface area (Å²) in [5.41, 5.74) is 6.41. The van der Waals surface area contributed by atoms with Crippen molar-refractivity contribution in [2.75, 3.05) is 0 Å². The van der Waals surface area contributed by atoms with Gasteiger partial charge in [0, 0.05) is 6.04 Å². The Morgan fingerprint density at radius 2 is 1.37 bits per heavy atom. The molecule has 1 saturated carbocycles. The van der Waals surface area contributed by atoms with E-state index >= 15 is 0 Å². The van der Waals surface area contributed by atoms with Gasteiger partial charge in [-0.3, -0.25) is 0 Å². The molecule has 114 valence electrons. The van der Waals surface area contributed by atoms with Crippen LogP contribution >= 0.6 is 0 Å². The van der Waals surface area contributed by atoms with Gasteiger partial charge in [-0.25, -0.2) is 0 Å². The molecule has 0 aromatic heterocycles. The van der Waals surface area contributed by atoms with Gasteiger partial charge >= 0.3 is 0 Å². The smallest absolute Gasteiger partial charge is 0.00671 e. The van der Waals surface area contributed by atoms with Crippen molar-refractivity contribution in [1.29, 1.82) is 0 Å². The average molecular weight is 268 g/mol. The zero-order valence-electron chi connectivity index (χ0n) is 13.7. The fourth-order valence-corrected chi connectivity index (χ4v) is 3.64. The van der Waals surface area contributed by atoms with E-state index in [-0.39, 0.29) is 0 Å². The maximum Gasteiger partial charge on any atom is 0.00671 e. The summed E-state index contributed by atoms with van der Waals surface area (Å²) >= 11 is 0. The molecule has 1 unspecified atom stereocenters. The van der Waals surface area contributed by atoms with Gasteiger partial charge in [-0.2, -0.15) is 0 Å². The third-order valence-electron chi connectivity index (χ3n) is 5.26. The Balaban J connectivity index is 2.05. The summed E-state index contributed by atoms with van der Waals surface area (Å²) in [6.45, 7) is 7.03. The molecular weight excluding hydrogens is 230 g/mol. The van der Waals surface area contributed by atoms with Gasteiger partial charge in [-0.05, 0) is 49.9 Å². The lowest BCUT2D eigenvalue weighted by Crippen LogP contribution is -2.33. The summed E-state index contributed by atoms with van der Waals surface area (Å²) in [7, 11) is 0. The largest absolute Gasteiger partial charge is 0.327 e. The zero-order chi connectivity index (χ0) is 14.1. The monoisotopic (exact) mass is 267 g/mol. The van der Waals surface area contributed by atoms with Crippen molar-refractivity contribution in [3.8, 4) is 0 Å². The van der Waals surface area contributed by atoms with Crippen LogP contribution in [0.5, 0.6) is 0 Å². The van der Waals surface area contributed by atoms with Gasteiger partial charge in [0.15, 0.2) is 0 Å². The SMILES string of the molecule is CCCCCCCCC(N)C1CCC(C(C)C)CC1. The third-order valence-corrected chi connectivity index (χ3v) is 5.26. The van der Waals surface area contributed by atoms with Crippen LogP contribution in [-0.2, 0) is 0 Å². The van der Waals surface area contributed by atoms with Crippen LogP contribution in [0.3, 0.4) is 0 Å². The molecule has 0 radical (unpaired) electrons. The van der Waals surface area contributed by atoms with E-state index in [9.17, 15) is 0 Å². The normalized spacial score (nSPS) is 25.7. The number of hydrogen-bond acceptors (Lipinski definition) is 1. The van der Waals surface area contributed by atoms with Crippen molar-refractivity contribution in [3.05, 3.63) is 0 Å². The Hall–Kier alpha value is -0.0400. The summed E-state index contributed by atoms with van der Waals surface area (Å²) in [6.07, 6.45) is 15.2. The molecule has 0 amide bonds. The van der Waals surface area contributed by atoms with Gasteiger partial charge in [0.1, 0.15) is 0 Å². The second-order valence-corrected chi connectivity index (χ2v) is 7.14. The second kappa shape index (κ2) is 9.80. The summed E-state index contributed by atoms with van der Waals surface area (Å²) < 4.78 is 0. The van der Waals surface area contributed by atoms with Crippen LogP contribution in [-0.4, -0.2) is 6.04 Å². The molecule has 0 aromatic rings. The van der Waals surface area contributed by atoms with E-state index < -0.39 is 0 Å². The first-order valence-corrected chi connectivity index (χ1v) is 8.90. The molecule has 0 saturated heterocycles. The lowest BCUT2D eigenvalue weighted by atomic mass is 9.74. The summed E-state index contributed by atoms with van der Waals surface area (Å²) in [5.74, 6) is 2.67. The first-order chi connectivity index (χ1) is 9.15. The highest BCUT2D eigenvalue weighted by Crippen LogP contribution is 2.35. The molecule has 19 heavy (non-hydrogen) atoms. The molecule has 1 aliphatic carbocycles. The molecule has 0 spiro atoms. The van der Waals surface area contributed by atoms with Crippen LogP contribution in [0.1, 0.15) is 91.4 Å². The van der Waals surface area contributed by atoms with Crippen molar-refractivity contribution in [3.63, 3.8) is 0 Å². The number of hydrogen-bond donors (Lipinski definition) is 1. The topological polar surface area (TPSA) is 26.0 Å². The minimum Gasteiger partial charge on any atom is -0.327 e. The predicted octanol–water partition coefficient (Wildman–Crippen LogP) is 5.53. The van der Waals surface area contributed by atoms with Crippen LogP contribution in [0, 0.1) is 17.8 Å². The van der Waals surface area contributed by atoms with Crippen molar-refractivity contribution in [2.24, 2.45) is 23.5 Å². The van der Waals surface area contributed by atoms with Crippen LogP contribution in [0.25, 0.3) is 0 Å². The minimum atomic E-state index is 0.485. The molecule has 1 fully saturated rings. The molecule has 1 heteroatoms. The van der Waals surface area contributed by atoms with Crippen molar-refractivity contribution < 1.29 is 0 Å². The molecule has 2 N–H and O–H groups in total. The maximum absolute atomic E-state index is 6.41. The van der Waals surface area contributed by atoms with E-state index in [1.165, 1.54) is 70.6 Å². The molecule has 0 aliphatic heterocycles. The molecule has 1 aliphatic rings.